The fraction of sp³-hybridized carbons (Fsp3) is 0.600. The number of alkyl halides is 3. The van der Waals surface area contributed by atoms with Crippen LogP contribution in [0.25, 0.3) is 0 Å². The zero-order valence-electron chi connectivity index (χ0n) is 10.4. The van der Waals surface area contributed by atoms with Gasteiger partial charge in [0.1, 0.15) is 6.54 Å². The van der Waals surface area contributed by atoms with Crippen molar-refractivity contribution in [1.82, 2.24) is 9.29 Å². The van der Waals surface area contributed by atoms with Gasteiger partial charge in [-0.25, -0.2) is 8.42 Å². The quantitative estimate of drug-likeness (QED) is 0.834. The van der Waals surface area contributed by atoms with Crippen molar-refractivity contribution in [3.05, 3.63) is 18.0 Å². The lowest BCUT2D eigenvalue weighted by atomic mass is 10.4. The average Bonchev–Trinajstić information content (AvgIpc) is 2.75. The number of nitrogens with two attached hydrogens (primary N) is 1. The van der Waals surface area contributed by atoms with E-state index in [4.69, 9.17) is 5.73 Å². The summed E-state index contributed by atoms with van der Waals surface area (Å²) in [5.74, 6) is 0. The summed E-state index contributed by atoms with van der Waals surface area (Å²) < 4.78 is 61.9. The third kappa shape index (κ3) is 4.22. The van der Waals surface area contributed by atoms with Gasteiger partial charge in [-0.2, -0.15) is 17.5 Å². The molecule has 9 heteroatoms. The summed E-state index contributed by atoms with van der Waals surface area (Å²) in [5.41, 5.74) is 5.77. The van der Waals surface area contributed by atoms with E-state index in [2.05, 4.69) is 4.98 Å². The van der Waals surface area contributed by atoms with Crippen molar-refractivity contribution in [2.24, 2.45) is 5.73 Å². The maximum Gasteiger partial charge on any atom is 0.402 e. The van der Waals surface area contributed by atoms with E-state index >= 15 is 0 Å². The Morgan fingerprint density at radius 1 is 1.42 bits per heavy atom. The molecule has 0 atom stereocenters. The number of H-pyrrole nitrogens is 1. The molecule has 110 valence electrons. The summed E-state index contributed by atoms with van der Waals surface area (Å²) in [4.78, 5) is 2.41. The highest BCUT2D eigenvalue weighted by Gasteiger charge is 2.36. The summed E-state index contributed by atoms with van der Waals surface area (Å²) >= 11 is 0. The van der Waals surface area contributed by atoms with Crippen molar-refractivity contribution in [2.75, 3.05) is 13.1 Å². The molecule has 0 spiro atoms. The maximum atomic E-state index is 12.4. The SMILES string of the molecule is CCCN(CC(F)(F)F)S(=O)(=O)c1c[nH]c(CN)c1. The molecular weight excluding hydrogens is 283 g/mol. The number of nitrogens with zero attached hydrogens (tertiary/aromatic N) is 1. The Morgan fingerprint density at radius 3 is 2.47 bits per heavy atom. The molecule has 1 rings (SSSR count). The Labute approximate surface area is 109 Å². The first-order valence-corrected chi connectivity index (χ1v) is 7.09. The van der Waals surface area contributed by atoms with E-state index in [1.54, 1.807) is 6.92 Å². The zero-order valence-corrected chi connectivity index (χ0v) is 11.2. The lowest BCUT2D eigenvalue weighted by Gasteiger charge is -2.22. The number of aromatic amines is 1. The fourth-order valence-corrected chi connectivity index (χ4v) is 3.10. The van der Waals surface area contributed by atoms with Crippen molar-refractivity contribution in [3.8, 4) is 0 Å². The first kappa shape index (κ1) is 16.0. The van der Waals surface area contributed by atoms with E-state index in [-0.39, 0.29) is 18.0 Å². The molecule has 0 saturated carbocycles. The Morgan fingerprint density at radius 2 is 2.05 bits per heavy atom. The van der Waals surface area contributed by atoms with Gasteiger partial charge >= 0.3 is 6.18 Å². The van der Waals surface area contributed by atoms with Crippen LogP contribution in [0, 0.1) is 0 Å². The molecule has 1 heterocycles. The average molecular weight is 299 g/mol. The summed E-state index contributed by atoms with van der Waals surface area (Å²) in [6.07, 6.45) is -3.13. The highest BCUT2D eigenvalue weighted by molar-refractivity contribution is 7.89. The van der Waals surface area contributed by atoms with Gasteiger partial charge in [-0.05, 0) is 12.5 Å². The van der Waals surface area contributed by atoms with Crippen LogP contribution in [0.4, 0.5) is 13.2 Å². The lowest BCUT2D eigenvalue weighted by Crippen LogP contribution is -2.39. The van der Waals surface area contributed by atoms with E-state index in [0.29, 0.717) is 16.4 Å². The van der Waals surface area contributed by atoms with Crippen LogP contribution in [-0.4, -0.2) is 37.0 Å². The normalized spacial score (nSPS) is 13.2. The number of hydrogen-bond acceptors (Lipinski definition) is 3. The van der Waals surface area contributed by atoms with Gasteiger partial charge in [0.15, 0.2) is 0 Å². The molecule has 5 nitrogen and oxygen atoms in total. The van der Waals surface area contributed by atoms with Crippen molar-refractivity contribution in [1.29, 1.82) is 0 Å². The number of sulfonamides is 1. The lowest BCUT2D eigenvalue weighted by molar-refractivity contribution is -0.136. The molecule has 0 saturated heterocycles. The number of nitrogens with one attached hydrogen (secondary N) is 1. The van der Waals surface area contributed by atoms with Gasteiger partial charge in [-0.1, -0.05) is 6.92 Å². The van der Waals surface area contributed by atoms with Crippen LogP contribution in [0.15, 0.2) is 17.2 Å². The minimum atomic E-state index is -4.57. The van der Waals surface area contributed by atoms with Crippen LogP contribution in [0.2, 0.25) is 0 Å². The molecule has 0 aliphatic carbocycles. The molecule has 0 unspecified atom stereocenters. The molecule has 0 radical (unpaired) electrons. The van der Waals surface area contributed by atoms with Crippen LogP contribution >= 0.6 is 0 Å². The van der Waals surface area contributed by atoms with Crippen LogP contribution < -0.4 is 5.73 Å². The second-order valence-electron chi connectivity index (χ2n) is 4.02. The first-order chi connectivity index (χ1) is 8.70. The van der Waals surface area contributed by atoms with Crippen molar-refractivity contribution in [3.63, 3.8) is 0 Å². The van der Waals surface area contributed by atoms with E-state index in [0.717, 1.165) is 6.20 Å². The van der Waals surface area contributed by atoms with E-state index in [9.17, 15) is 21.6 Å². The van der Waals surface area contributed by atoms with Gasteiger partial charge in [0.2, 0.25) is 10.0 Å². The molecular formula is C10H16F3N3O2S. The molecule has 3 N–H and O–H groups in total. The summed E-state index contributed by atoms with van der Waals surface area (Å²) in [6.45, 7) is 0.0151. The third-order valence-electron chi connectivity index (χ3n) is 2.40. The molecule has 0 amide bonds. The largest absolute Gasteiger partial charge is 0.402 e. The van der Waals surface area contributed by atoms with Gasteiger partial charge < -0.3 is 10.7 Å². The molecule has 1 aromatic rings. The Balaban J connectivity index is 3.05. The van der Waals surface area contributed by atoms with Crippen LogP contribution in [-0.2, 0) is 16.6 Å². The molecule has 1 aromatic heterocycles. The summed E-state index contributed by atoms with van der Waals surface area (Å²) in [5, 5.41) is 0. The Kier molecular flexibility index (Phi) is 4.99. The molecule has 0 aromatic carbocycles. The van der Waals surface area contributed by atoms with Gasteiger partial charge in [-0.3, -0.25) is 0 Å². The van der Waals surface area contributed by atoms with Crippen LogP contribution in [0.5, 0.6) is 0 Å². The van der Waals surface area contributed by atoms with Crippen molar-refractivity contribution < 1.29 is 21.6 Å². The molecule has 0 aliphatic heterocycles. The third-order valence-corrected chi connectivity index (χ3v) is 4.23. The zero-order chi connectivity index (χ0) is 14.7. The number of hydrogen-bond donors (Lipinski definition) is 2. The van der Waals surface area contributed by atoms with Gasteiger partial charge in [0, 0.05) is 25.0 Å². The number of halogens is 3. The molecule has 19 heavy (non-hydrogen) atoms. The van der Waals surface area contributed by atoms with E-state index in [1.165, 1.54) is 6.07 Å². The van der Waals surface area contributed by atoms with Gasteiger partial charge in [0.25, 0.3) is 0 Å². The Bertz CT molecular complexity index is 510. The first-order valence-electron chi connectivity index (χ1n) is 5.65. The van der Waals surface area contributed by atoms with Crippen LogP contribution in [0.3, 0.4) is 0 Å². The highest BCUT2D eigenvalue weighted by atomic mass is 32.2. The predicted molar refractivity (Wildman–Crippen MR) is 63.8 cm³/mol. The number of aromatic nitrogens is 1. The van der Waals surface area contributed by atoms with Gasteiger partial charge in [0.05, 0.1) is 4.90 Å². The van der Waals surface area contributed by atoms with E-state index < -0.39 is 22.7 Å². The second-order valence-corrected chi connectivity index (χ2v) is 5.96. The predicted octanol–water partition coefficient (Wildman–Crippen LogP) is 1.44. The summed E-state index contributed by atoms with van der Waals surface area (Å²) in [6, 6.07) is 1.24. The molecule has 0 fully saturated rings. The highest BCUT2D eigenvalue weighted by Crippen LogP contribution is 2.23. The molecule has 0 aliphatic rings. The monoisotopic (exact) mass is 299 g/mol. The summed E-state index contributed by atoms with van der Waals surface area (Å²) in [7, 11) is -4.16. The minimum absolute atomic E-state index is 0.0859. The topological polar surface area (TPSA) is 79.2 Å². The standard InChI is InChI=1S/C10H16F3N3O2S/c1-2-3-16(7-10(11,12)13)19(17,18)9-4-8(5-14)15-6-9/h4,6,15H,2-3,5,7,14H2,1H3. The minimum Gasteiger partial charge on any atom is -0.363 e. The second kappa shape index (κ2) is 5.93. The Hall–Kier alpha value is -1.06. The maximum absolute atomic E-state index is 12.4. The van der Waals surface area contributed by atoms with Crippen LogP contribution in [0.1, 0.15) is 19.0 Å². The van der Waals surface area contributed by atoms with E-state index in [1.807, 2.05) is 0 Å². The van der Waals surface area contributed by atoms with Gasteiger partial charge in [-0.15, -0.1) is 0 Å². The van der Waals surface area contributed by atoms with Crippen molar-refractivity contribution in [2.45, 2.75) is 31.0 Å². The number of rotatable bonds is 6. The molecule has 0 bridgehead atoms. The fourth-order valence-electron chi connectivity index (χ4n) is 1.57. The van der Waals surface area contributed by atoms with Crippen molar-refractivity contribution >= 4 is 10.0 Å². The smallest absolute Gasteiger partial charge is 0.363 e.